The average molecular weight is 324 g/mol. The Bertz CT molecular complexity index is 643. The number of methoxy groups -OCH3 is 1. The second-order valence-corrected chi connectivity index (χ2v) is 4.79. The van der Waals surface area contributed by atoms with Crippen molar-refractivity contribution in [2.75, 3.05) is 12.8 Å². The Kier molecular flexibility index (Phi) is 3.85. The molecule has 0 aromatic heterocycles. The maximum atomic E-state index is 13.7. The van der Waals surface area contributed by atoms with Crippen molar-refractivity contribution in [3.8, 4) is 5.75 Å². The Morgan fingerprint density at radius 3 is 2.68 bits per heavy atom. The van der Waals surface area contributed by atoms with Gasteiger partial charge in [-0.1, -0.05) is 22.0 Å². The van der Waals surface area contributed by atoms with E-state index in [9.17, 15) is 9.18 Å². The largest absolute Gasteiger partial charge is 0.495 e. The van der Waals surface area contributed by atoms with E-state index in [1.165, 1.54) is 25.3 Å². The maximum absolute atomic E-state index is 13.7. The third-order valence-electron chi connectivity index (χ3n) is 2.70. The zero-order valence-corrected chi connectivity index (χ0v) is 11.7. The number of hydrogen-bond donors (Lipinski definition) is 1. The maximum Gasteiger partial charge on any atom is 0.198 e. The molecule has 0 aliphatic rings. The van der Waals surface area contributed by atoms with Crippen molar-refractivity contribution in [3.63, 3.8) is 0 Å². The van der Waals surface area contributed by atoms with Gasteiger partial charge in [-0.15, -0.1) is 0 Å². The topological polar surface area (TPSA) is 52.3 Å². The summed E-state index contributed by atoms with van der Waals surface area (Å²) in [5, 5.41) is 0. The average Bonchev–Trinajstić information content (AvgIpc) is 2.41. The Hall–Kier alpha value is -1.88. The molecule has 3 nitrogen and oxygen atoms in total. The van der Waals surface area contributed by atoms with Crippen LogP contribution in [0.3, 0.4) is 0 Å². The van der Waals surface area contributed by atoms with Crippen LogP contribution in [0.2, 0.25) is 0 Å². The predicted octanol–water partition coefficient (Wildman–Crippen LogP) is 3.41. The van der Waals surface area contributed by atoms with Crippen LogP contribution in [-0.2, 0) is 0 Å². The first kappa shape index (κ1) is 13.5. The summed E-state index contributed by atoms with van der Waals surface area (Å²) < 4.78 is 19.4. The number of anilines is 1. The number of rotatable bonds is 3. The second kappa shape index (κ2) is 5.40. The van der Waals surface area contributed by atoms with Crippen LogP contribution in [0.25, 0.3) is 0 Å². The molecule has 0 spiro atoms. The second-order valence-electron chi connectivity index (χ2n) is 3.87. The number of hydrogen-bond acceptors (Lipinski definition) is 3. The molecule has 2 aromatic carbocycles. The number of nitrogens with two attached hydrogens (primary N) is 1. The van der Waals surface area contributed by atoms with Crippen LogP contribution >= 0.6 is 15.9 Å². The van der Waals surface area contributed by atoms with Crippen LogP contribution in [0, 0.1) is 5.82 Å². The summed E-state index contributed by atoms with van der Waals surface area (Å²) >= 11 is 3.21. The smallest absolute Gasteiger partial charge is 0.198 e. The Morgan fingerprint density at radius 2 is 2.00 bits per heavy atom. The number of carbonyl (C=O) groups excluding carboxylic acids is 1. The van der Waals surface area contributed by atoms with Gasteiger partial charge in [-0.2, -0.15) is 0 Å². The van der Waals surface area contributed by atoms with Gasteiger partial charge < -0.3 is 10.5 Å². The summed E-state index contributed by atoms with van der Waals surface area (Å²) in [6, 6.07) is 9.01. The third-order valence-corrected chi connectivity index (χ3v) is 3.20. The summed E-state index contributed by atoms with van der Waals surface area (Å²) in [7, 11) is 1.46. The molecule has 0 amide bonds. The van der Waals surface area contributed by atoms with E-state index >= 15 is 0 Å². The number of halogens is 2. The van der Waals surface area contributed by atoms with Crippen molar-refractivity contribution >= 4 is 27.4 Å². The first-order valence-corrected chi connectivity index (χ1v) is 6.26. The van der Waals surface area contributed by atoms with Crippen LogP contribution in [0.1, 0.15) is 15.9 Å². The number of nitrogen functional groups attached to an aromatic ring is 1. The number of carbonyl (C=O) groups is 1. The van der Waals surface area contributed by atoms with Crippen LogP contribution in [-0.4, -0.2) is 12.9 Å². The van der Waals surface area contributed by atoms with E-state index in [1.54, 1.807) is 18.2 Å². The van der Waals surface area contributed by atoms with E-state index < -0.39 is 11.6 Å². The molecule has 0 aliphatic heterocycles. The van der Waals surface area contributed by atoms with Gasteiger partial charge in [0.2, 0.25) is 0 Å². The van der Waals surface area contributed by atoms with Gasteiger partial charge in [-0.3, -0.25) is 4.79 Å². The summed E-state index contributed by atoms with van der Waals surface area (Å²) in [5.74, 6) is -0.674. The molecule has 2 rings (SSSR count). The van der Waals surface area contributed by atoms with Crippen molar-refractivity contribution < 1.29 is 13.9 Å². The van der Waals surface area contributed by atoms with Crippen LogP contribution < -0.4 is 10.5 Å². The van der Waals surface area contributed by atoms with Gasteiger partial charge in [0, 0.05) is 10.0 Å². The number of ketones is 1. The normalized spacial score (nSPS) is 10.3. The summed E-state index contributed by atoms with van der Waals surface area (Å²) in [4.78, 5) is 12.3. The fourth-order valence-corrected chi connectivity index (χ4v) is 2.10. The van der Waals surface area contributed by atoms with Crippen molar-refractivity contribution in [1.29, 1.82) is 0 Å². The van der Waals surface area contributed by atoms with E-state index in [-0.39, 0.29) is 16.8 Å². The van der Waals surface area contributed by atoms with Crippen LogP contribution in [0.5, 0.6) is 5.75 Å². The lowest BCUT2D eigenvalue weighted by molar-refractivity contribution is 0.103. The summed E-state index contributed by atoms with van der Waals surface area (Å²) in [6.07, 6.45) is 0. The minimum absolute atomic E-state index is 0.0330. The minimum Gasteiger partial charge on any atom is -0.495 e. The van der Waals surface area contributed by atoms with Gasteiger partial charge in [-0.25, -0.2) is 4.39 Å². The number of benzene rings is 2. The zero-order chi connectivity index (χ0) is 14.0. The highest BCUT2D eigenvalue weighted by Crippen LogP contribution is 2.28. The summed E-state index contributed by atoms with van der Waals surface area (Å²) in [5.41, 5.74) is 6.23. The lowest BCUT2D eigenvalue weighted by Gasteiger charge is -2.09. The van der Waals surface area contributed by atoms with Gasteiger partial charge in [-0.05, 0) is 30.3 Å². The van der Waals surface area contributed by atoms with Crippen LogP contribution in [0.4, 0.5) is 10.1 Å². The lowest BCUT2D eigenvalue weighted by Crippen LogP contribution is -2.08. The Labute approximate surface area is 118 Å². The molecule has 0 heterocycles. The highest BCUT2D eigenvalue weighted by atomic mass is 79.9. The fourth-order valence-electron chi connectivity index (χ4n) is 1.74. The van der Waals surface area contributed by atoms with Crippen LogP contribution in [0.15, 0.2) is 40.9 Å². The van der Waals surface area contributed by atoms with Crippen molar-refractivity contribution in [3.05, 3.63) is 57.8 Å². The molecule has 0 atom stereocenters. The van der Waals surface area contributed by atoms with Gasteiger partial charge in [0.1, 0.15) is 11.6 Å². The molecule has 0 unspecified atom stereocenters. The molecular formula is C14H11BrFNO2. The molecule has 0 aliphatic carbocycles. The van der Waals surface area contributed by atoms with Crippen molar-refractivity contribution in [1.82, 2.24) is 0 Å². The lowest BCUT2D eigenvalue weighted by atomic mass is 10.0. The fraction of sp³-hybridized carbons (Fsp3) is 0.0714. The van der Waals surface area contributed by atoms with E-state index in [0.717, 1.165) is 0 Å². The first-order chi connectivity index (χ1) is 9.04. The predicted molar refractivity (Wildman–Crippen MR) is 74.9 cm³/mol. The molecule has 2 N–H and O–H groups in total. The summed E-state index contributed by atoms with van der Waals surface area (Å²) in [6.45, 7) is 0. The standard InChI is InChI=1S/C14H11BrFNO2/c1-19-12-4-2-3-9(13(12)17)14(18)10-7-8(15)5-6-11(10)16/h2-7H,17H2,1H3. The quantitative estimate of drug-likeness (QED) is 0.695. The minimum atomic E-state index is -0.588. The van der Waals surface area contributed by atoms with Gasteiger partial charge in [0.25, 0.3) is 0 Å². The Morgan fingerprint density at radius 1 is 1.26 bits per heavy atom. The number of para-hydroxylation sites is 1. The van der Waals surface area contributed by atoms with E-state index in [1.807, 2.05) is 0 Å². The van der Waals surface area contributed by atoms with Crippen molar-refractivity contribution in [2.45, 2.75) is 0 Å². The highest BCUT2D eigenvalue weighted by molar-refractivity contribution is 9.10. The molecule has 0 saturated heterocycles. The third kappa shape index (κ3) is 2.61. The molecule has 0 fully saturated rings. The molecule has 5 heteroatoms. The highest BCUT2D eigenvalue weighted by Gasteiger charge is 2.18. The molecule has 2 aromatic rings. The van der Waals surface area contributed by atoms with E-state index in [4.69, 9.17) is 10.5 Å². The van der Waals surface area contributed by atoms with Gasteiger partial charge in [0.15, 0.2) is 5.78 Å². The molecular weight excluding hydrogens is 313 g/mol. The van der Waals surface area contributed by atoms with Crippen molar-refractivity contribution in [2.24, 2.45) is 0 Å². The molecule has 98 valence electrons. The monoisotopic (exact) mass is 323 g/mol. The Balaban J connectivity index is 2.53. The van der Waals surface area contributed by atoms with E-state index in [0.29, 0.717) is 10.2 Å². The zero-order valence-electron chi connectivity index (χ0n) is 10.1. The van der Waals surface area contributed by atoms with Gasteiger partial charge in [0.05, 0.1) is 18.4 Å². The molecule has 0 bridgehead atoms. The van der Waals surface area contributed by atoms with E-state index in [2.05, 4.69) is 15.9 Å². The molecule has 19 heavy (non-hydrogen) atoms. The first-order valence-electron chi connectivity index (χ1n) is 5.47. The molecule has 0 saturated carbocycles. The molecule has 0 radical (unpaired) electrons. The SMILES string of the molecule is COc1cccc(C(=O)c2cc(Br)ccc2F)c1N. The number of ether oxygens (including phenoxy) is 1. The van der Waals surface area contributed by atoms with Gasteiger partial charge >= 0.3 is 0 Å².